The van der Waals surface area contributed by atoms with Crippen LogP contribution in [0.3, 0.4) is 0 Å². The van der Waals surface area contributed by atoms with Crippen molar-refractivity contribution in [3.05, 3.63) is 35.9 Å². The van der Waals surface area contributed by atoms with Gasteiger partial charge in [0.1, 0.15) is 6.07 Å². The smallest absolute Gasteiger partial charge is 0.227 e. The summed E-state index contributed by atoms with van der Waals surface area (Å²) in [5, 5.41) is 12.5. The highest BCUT2D eigenvalue weighted by Gasteiger charge is 2.34. The molecule has 1 aromatic carbocycles. The van der Waals surface area contributed by atoms with E-state index < -0.39 is 11.6 Å². The van der Waals surface area contributed by atoms with E-state index in [1.54, 1.807) is 11.8 Å². The van der Waals surface area contributed by atoms with Gasteiger partial charge in [0, 0.05) is 25.4 Å². The van der Waals surface area contributed by atoms with Crippen molar-refractivity contribution in [3.63, 3.8) is 0 Å². The van der Waals surface area contributed by atoms with Crippen LogP contribution < -0.4 is 5.32 Å². The van der Waals surface area contributed by atoms with Gasteiger partial charge >= 0.3 is 0 Å². The van der Waals surface area contributed by atoms with Gasteiger partial charge in [0.05, 0.1) is 19.8 Å². The van der Waals surface area contributed by atoms with Gasteiger partial charge in [-0.1, -0.05) is 62.4 Å². The third-order valence-corrected chi connectivity index (χ3v) is 6.44. The zero-order chi connectivity index (χ0) is 22.8. The zero-order valence-corrected chi connectivity index (χ0v) is 19.1. The number of ether oxygens (including phenoxy) is 2. The first kappa shape index (κ1) is 24.2. The van der Waals surface area contributed by atoms with Crippen LogP contribution in [0, 0.1) is 23.2 Å². The highest BCUT2D eigenvalue weighted by atomic mass is 16.5. The molecule has 1 aromatic rings. The molecule has 1 aliphatic heterocycles. The van der Waals surface area contributed by atoms with E-state index in [2.05, 4.69) is 11.4 Å². The zero-order valence-electron chi connectivity index (χ0n) is 19.1. The van der Waals surface area contributed by atoms with E-state index in [4.69, 9.17) is 9.47 Å². The molecular formula is C25H35N3O4. The topological polar surface area (TPSA) is 91.7 Å². The number of amides is 2. The van der Waals surface area contributed by atoms with Crippen molar-refractivity contribution in [1.29, 1.82) is 5.26 Å². The Morgan fingerprint density at radius 1 is 1.22 bits per heavy atom. The van der Waals surface area contributed by atoms with Crippen LogP contribution in [0.1, 0.15) is 57.4 Å². The van der Waals surface area contributed by atoms with Gasteiger partial charge in [0.2, 0.25) is 17.5 Å². The second-order valence-corrected chi connectivity index (χ2v) is 9.04. The quantitative estimate of drug-likeness (QED) is 0.593. The largest absolute Gasteiger partial charge is 0.378 e. The molecule has 2 fully saturated rings. The summed E-state index contributed by atoms with van der Waals surface area (Å²) in [6.45, 7) is 3.97. The number of nitrogens with one attached hydrogen (secondary N) is 1. The van der Waals surface area contributed by atoms with Gasteiger partial charge < -0.3 is 19.7 Å². The van der Waals surface area contributed by atoms with Crippen molar-refractivity contribution in [2.24, 2.45) is 11.8 Å². The van der Waals surface area contributed by atoms with E-state index in [1.165, 1.54) is 19.3 Å². The summed E-state index contributed by atoms with van der Waals surface area (Å²) >= 11 is 0. The maximum atomic E-state index is 13.3. The number of rotatable bonds is 9. The molecule has 0 radical (unpaired) electrons. The van der Waals surface area contributed by atoms with E-state index in [-0.39, 0.29) is 24.8 Å². The molecule has 0 aromatic heterocycles. The number of hydrogen-bond donors (Lipinski definition) is 1. The van der Waals surface area contributed by atoms with Crippen LogP contribution >= 0.6 is 0 Å². The molecule has 1 aliphatic carbocycles. The number of morpholine rings is 1. The molecule has 2 atom stereocenters. The lowest BCUT2D eigenvalue weighted by atomic mass is 9.81. The van der Waals surface area contributed by atoms with Crippen molar-refractivity contribution >= 4 is 11.8 Å². The van der Waals surface area contributed by atoms with Gasteiger partial charge in [-0.05, 0) is 24.8 Å². The fraction of sp³-hybridized carbons (Fsp3) is 0.640. The van der Waals surface area contributed by atoms with Crippen molar-refractivity contribution in [1.82, 2.24) is 10.2 Å². The maximum Gasteiger partial charge on any atom is 0.227 e. The molecule has 1 N–H and O–H groups in total. The lowest BCUT2D eigenvalue weighted by molar-refractivity contribution is -0.142. The molecule has 1 heterocycles. The Bertz CT molecular complexity index is 782. The average molecular weight is 442 g/mol. The Hall–Kier alpha value is -2.43. The summed E-state index contributed by atoms with van der Waals surface area (Å²) in [4.78, 5) is 28.0. The van der Waals surface area contributed by atoms with Crippen molar-refractivity contribution in [2.45, 2.75) is 64.2 Å². The highest BCUT2D eigenvalue weighted by Crippen LogP contribution is 2.31. The Morgan fingerprint density at radius 3 is 2.56 bits per heavy atom. The van der Waals surface area contributed by atoms with E-state index >= 15 is 0 Å². The SMILES string of the molecule is CC(C#N)(NC(=O)C(CC(=O)N1CCOCC1)CC1CCCCC1)OCc1ccccc1. The third-order valence-electron chi connectivity index (χ3n) is 6.44. The molecule has 2 unspecified atom stereocenters. The lowest BCUT2D eigenvalue weighted by Crippen LogP contribution is -2.50. The van der Waals surface area contributed by atoms with E-state index in [1.807, 2.05) is 30.3 Å². The molecule has 7 heteroatoms. The van der Waals surface area contributed by atoms with E-state index in [9.17, 15) is 14.9 Å². The molecular weight excluding hydrogens is 406 g/mol. The van der Waals surface area contributed by atoms with Crippen LogP contribution in [0.2, 0.25) is 0 Å². The monoisotopic (exact) mass is 441 g/mol. The van der Waals surface area contributed by atoms with E-state index in [0.29, 0.717) is 38.6 Å². The average Bonchev–Trinajstić information content (AvgIpc) is 2.84. The minimum absolute atomic E-state index is 0.0203. The van der Waals surface area contributed by atoms with Crippen molar-refractivity contribution < 1.29 is 19.1 Å². The predicted molar refractivity (Wildman–Crippen MR) is 120 cm³/mol. The molecule has 0 spiro atoms. The molecule has 0 bridgehead atoms. The minimum Gasteiger partial charge on any atom is -0.378 e. The molecule has 174 valence electrons. The highest BCUT2D eigenvalue weighted by molar-refractivity contribution is 5.86. The number of nitriles is 1. The van der Waals surface area contributed by atoms with Crippen LogP contribution in [0.5, 0.6) is 0 Å². The minimum atomic E-state index is -1.46. The number of carbonyl (C=O) groups is 2. The third kappa shape index (κ3) is 7.32. The second-order valence-electron chi connectivity index (χ2n) is 9.04. The molecule has 7 nitrogen and oxygen atoms in total. The Balaban J connectivity index is 1.64. The summed E-state index contributed by atoms with van der Waals surface area (Å²) in [6, 6.07) is 11.6. The number of benzene rings is 1. The van der Waals surface area contributed by atoms with Crippen LogP contribution in [-0.4, -0.2) is 48.7 Å². The Morgan fingerprint density at radius 2 is 1.91 bits per heavy atom. The van der Waals surface area contributed by atoms with Gasteiger partial charge in [-0.15, -0.1) is 0 Å². The van der Waals surface area contributed by atoms with Crippen molar-refractivity contribution in [3.8, 4) is 6.07 Å². The summed E-state index contributed by atoms with van der Waals surface area (Å²) in [5.74, 6) is -0.334. The summed E-state index contributed by atoms with van der Waals surface area (Å²) in [7, 11) is 0. The predicted octanol–water partition coefficient (Wildman–Crippen LogP) is 3.39. The number of nitrogens with zero attached hydrogens (tertiary/aromatic N) is 2. The summed E-state index contributed by atoms with van der Waals surface area (Å²) < 4.78 is 11.1. The number of hydrogen-bond acceptors (Lipinski definition) is 5. The molecule has 1 saturated carbocycles. The van der Waals surface area contributed by atoms with Gasteiger partial charge in [0.25, 0.3) is 0 Å². The van der Waals surface area contributed by atoms with E-state index in [0.717, 1.165) is 18.4 Å². The number of carbonyl (C=O) groups excluding carboxylic acids is 2. The summed E-state index contributed by atoms with van der Waals surface area (Å²) in [5.41, 5.74) is -0.538. The van der Waals surface area contributed by atoms with Crippen LogP contribution in [0.15, 0.2) is 30.3 Å². The maximum absolute atomic E-state index is 13.3. The van der Waals surface area contributed by atoms with Crippen LogP contribution in [-0.2, 0) is 25.7 Å². The van der Waals surface area contributed by atoms with Crippen LogP contribution in [0.4, 0.5) is 0 Å². The van der Waals surface area contributed by atoms with Gasteiger partial charge in [-0.2, -0.15) is 5.26 Å². The Labute approximate surface area is 191 Å². The Kier molecular flexibility index (Phi) is 9.07. The normalized spacial score (nSPS) is 20.1. The summed E-state index contributed by atoms with van der Waals surface area (Å²) in [6.07, 6.45) is 6.59. The van der Waals surface area contributed by atoms with Gasteiger partial charge in [-0.3, -0.25) is 9.59 Å². The fourth-order valence-electron chi connectivity index (χ4n) is 4.50. The lowest BCUT2D eigenvalue weighted by Gasteiger charge is -2.31. The van der Waals surface area contributed by atoms with Crippen LogP contribution in [0.25, 0.3) is 0 Å². The molecule has 32 heavy (non-hydrogen) atoms. The first-order chi connectivity index (χ1) is 15.5. The first-order valence-electron chi connectivity index (χ1n) is 11.8. The fourth-order valence-corrected chi connectivity index (χ4v) is 4.50. The first-order valence-corrected chi connectivity index (χ1v) is 11.8. The molecule has 2 amide bonds. The second kappa shape index (κ2) is 12.0. The van der Waals surface area contributed by atoms with Gasteiger partial charge in [0.15, 0.2) is 0 Å². The van der Waals surface area contributed by atoms with Gasteiger partial charge in [-0.25, -0.2) is 0 Å². The van der Waals surface area contributed by atoms with Crippen molar-refractivity contribution in [2.75, 3.05) is 26.3 Å². The molecule has 3 rings (SSSR count). The molecule has 1 saturated heterocycles. The standard InChI is InChI=1S/C25H35N3O4/c1-25(19-26,32-18-21-10-6-3-7-11-21)27-24(30)22(16-20-8-4-2-5-9-20)17-23(29)28-12-14-31-15-13-28/h3,6-7,10-11,20,22H,2,4-5,8-9,12-18H2,1H3,(H,27,30). The molecule has 2 aliphatic rings.